The van der Waals surface area contributed by atoms with Gasteiger partial charge in [0, 0.05) is 30.8 Å². The molecular formula is C15H19N3O2S2. The van der Waals surface area contributed by atoms with Gasteiger partial charge in [-0.2, -0.15) is 9.40 Å². The van der Waals surface area contributed by atoms with Crippen LogP contribution >= 0.6 is 11.8 Å². The fourth-order valence-corrected chi connectivity index (χ4v) is 5.31. The van der Waals surface area contributed by atoms with E-state index in [0.29, 0.717) is 19.0 Å². The molecule has 0 radical (unpaired) electrons. The summed E-state index contributed by atoms with van der Waals surface area (Å²) >= 11 is 1.79. The molecule has 3 rings (SSSR count). The van der Waals surface area contributed by atoms with Crippen molar-refractivity contribution in [3.63, 3.8) is 0 Å². The lowest BCUT2D eigenvalue weighted by Gasteiger charge is -2.16. The monoisotopic (exact) mass is 337 g/mol. The van der Waals surface area contributed by atoms with E-state index in [1.54, 1.807) is 29.2 Å². The first-order chi connectivity index (χ1) is 10.6. The Morgan fingerprint density at radius 1 is 1.27 bits per heavy atom. The van der Waals surface area contributed by atoms with Crippen molar-refractivity contribution in [2.75, 3.05) is 18.8 Å². The zero-order valence-electron chi connectivity index (χ0n) is 12.4. The molecule has 1 aliphatic heterocycles. The third-order valence-electron chi connectivity index (χ3n) is 3.86. The Morgan fingerprint density at radius 3 is 2.73 bits per heavy atom. The number of thioether (sulfide) groups is 1. The van der Waals surface area contributed by atoms with Gasteiger partial charge in [-0.1, -0.05) is 18.2 Å². The van der Waals surface area contributed by atoms with Crippen LogP contribution in [0.3, 0.4) is 0 Å². The molecule has 2 heterocycles. The van der Waals surface area contributed by atoms with Crippen molar-refractivity contribution >= 4 is 21.8 Å². The highest BCUT2D eigenvalue weighted by Gasteiger charge is 2.33. The van der Waals surface area contributed by atoms with E-state index < -0.39 is 10.0 Å². The summed E-state index contributed by atoms with van der Waals surface area (Å²) in [5.41, 5.74) is 0. The second-order valence-electron chi connectivity index (χ2n) is 5.43. The molecule has 0 N–H and O–H groups in total. The second kappa shape index (κ2) is 6.44. The van der Waals surface area contributed by atoms with Gasteiger partial charge in [-0.25, -0.2) is 8.42 Å². The molecule has 22 heavy (non-hydrogen) atoms. The second-order valence-corrected chi connectivity index (χ2v) is 8.41. The minimum atomic E-state index is -3.42. The Balaban J connectivity index is 1.62. The molecule has 2 aromatic rings. The van der Waals surface area contributed by atoms with Crippen LogP contribution in [0.4, 0.5) is 0 Å². The molecule has 0 aliphatic carbocycles. The van der Waals surface area contributed by atoms with Crippen LogP contribution < -0.4 is 0 Å². The first-order valence-corrected chi connectivity index (χ1v) is 9.66. The van der Waals surface area contributed by atoms with Gasteiger partial charge in [0.25, 0.3) is 10.0 Å². The highest BCUT2D eigenvalue weighted by atomic mass is 32.2. The number of aromatic nitrogens is 2. The van der Waals surface area contributed by atoms with Gasteiger partial charge in [0.2, 0.25) is 0 Å². The molecule has 5 nitrogen and oxygen atoms in total. The largest absolute Gasteiger partial charge is 0.260 e. The fraction of sp³-hybridized carbons (Fsp3) is 0.400. The van der Waals surface area contributed by atoms with Gasteiger partial charge in [-0.15, -0.1) is 11.8 Å². The summed E-state index contributed by atoms with van der Waals surface area (Å²) in [6, 6.07) is 11.8. The van der Waals surface area contributed by atoms with Crippen molar-refractivity contribution in [3.8, 4) is 0 Å². The Hall–Kier alpha value is -1.31. The van der Waals surface area contributed by atoms with Crippen molar-refractivity contribution in [1.29, 1.82) is 0 Å². The maximum absolute atomic E-state index is 12.6. The molecule has 0 bridgehead atoms. The summed E-state index contributed by atoms with van der Waals surface area (Å²) in [7, 11) is -1.76. The summed E-state index contributed by atoms with van der Waals surface area (Å²) in [5.74, 6) is 1.34. The first-order valence-electron chi connectivity index (χ1n) is 7.23. The van der Waals surface area contributed by atoms with Gasteiger partial charge in [0.15, 0.2) is 5.03 Å². The van der Waals surface area contributed by atoms with Gasteiger partial charge in [-0.05, 0) is 30.5 Å². The lowest BCUT2D eigenvalue weighted by molar-refractivity contribution is 0.456. The van der Waals surface area contributed by atoms with Gasteiger partial charge < -0.3 is 0 Å². The van der Waals surface area contributed by atoms with E-state index >= 15 is 0 Å². The Morgan fingerprint density at radius 2 is 2.05 bits per heavy atom. The highest BCUT2D eigenvalue weighted by molar-refractivity contribution is 7.99. The summed E-state index contributed by atoms with van der Waals surface area (Å²) in [6.45, 7) is 1.18. The number of sulfonamides is 1. The zero-order chi connectivity index (χ0) is 15.6. The van der Waals surface area contributed by atoms with Crippen molar-refractivity contribution in [2.45, 2.75) is 16.3 Å². The zero-order valence-corrected chi connectivity index (χ0v) is 14.1. The third kappa shape index (κ3) is 3.21. The standard InChI is InChI=1S/C15H19N3O2S2/c1-17-15(7-9-16-17)22(19,20)18-10-8-13(11-18)12-21-14-5-3-2-4-6-14/h2-7,9,13H,8,10-12H2,1H3/t13-/m0/s1. The van der Waals surface area contributed by atoms with Crippen molar-refractivity contribution < 1.29 is 8.42 Å². The van der Waals surface area contributed by atoms with Gasteiger partial charge >= 0.3 is 0 Å². The van der Waals surface area contributed by atoms with Crippen LogP contribution in [0.15, 0.2) is 52.5 Å². The molecule has 7 heteroatoms. The molecule has 1 aromatic carbocycles. The van der Waals surface area contributed by atoms with E-state index in [1.807, 2.05) is 18.2 Å². The van der Waals surface area contributed by atoms with Crippen LogP contribution in [0.25, 0.3) is 0 Å². The molecule has 1 atom stereocenters. The average molecular weight is 337 g/mol. The molecule has 0 amide bonds. The van der Waals surface area contributed by atoms with E-state index in [9.17, 15) is 8.42 Å². The molecule has 1 aliphatic rings. The Labute approximate surface area is 135 Å². The molecule has 0 unspecified atom stereocenters. The fourth-order valence-electron chi connectivity index (χ4n) is 2.63. The summed E-state index contributed by atoms with van der Waals surface area (Å²) in [6.07, 6.45) is 2.43. The number of nitrogens with zero attached hydrogens (tertiary/aromatic N) is 3. The van der Waals surface area contributed by atoms with Crippen molar-refractivity contribution in [1.82, 2.24) is 14.1 Å². The predicted molar refractivity (Wildman–Crippen MR) is 87.2 cm³/mol. The van der Waals surface area contributed by atoms with Crippen LogP contribution in [0.1, 0.15) is 6.42 Å². The topological polar surface area (TPSA) is 55.2 Å². The quantitative estimate of drug-likeness (QED) is 0.785. The van der Waals surface area contributed by atoms with E-state index in [2.05, 4.69) is 17.2 Å². The van der Waals surface area contributed by atoms with Crippen LogP contribution in [-0.4, -0.2) is 41.3 Å². The smallest absolute Gasteiger partial charge is 0.256 e. The van der Waals surface area contributed by atoms with E-state index in [1.165, 1.54) is 15.8 Å². The number of aryl methyl sites for hydroxylation is 1. The molecule has 0 saturated carbocycles. The van der Waals surface area contributed by atoms with Crippen molar-refractivity contribution in [3.05, 3.63) is 42.6 Å². The van der Waals surface area contributed by atoms with Gasteiger partial charge in [-0.3, -0.25) is 4.68 Å². The maximum atomic E-state index is 12.6. The molecule has 1 saturated heterocycles. The summed E-state index contributed by atoms with van der Waals surface area (Å²) < 4.78 is 28.2. The Kier molecular flexibility index (Phi) is 4.56. The van der Waals surface area contributed by atoms with E-state index in [0.717, 1.165) is 12.2 Å². The number of hydrogen-bond donors (Lipinski definition) is 0. The number of hydrogen-bond acceptors (Lipinski definition) is 4. The number of rotatable bonds is 5. The molecular weight excluding hydrogens is 318 g/mol. The molecule has 1 fully saturated rings. The van der Waals surface area contributed by atoms with Crippen LogP contribution in [0.2, 0.25) is 0 Å². The highest BCUT2D eigenvalue weighted by Crippen LogP contribution is 2.28. The molecule has 0 spiro atoms. The molecule has 1 aromatic heterocycles. The molecule has 118 valence electrons. The average Bonchev–Trinajstić information content (AvgIpc) is 3.15. The predicted octanol–water partition coefficient (Wildman–Crippen LogP) is 2.22. The summed E-state index contributed by atoms with van der Waals surface area (Å²) in [5, 5.41) is 4.22. The lowest BCUT2D eigenvalue weighted by atomic mass is 10.2. The lowest BCUT2D eigenvalue weighted by Crippen LogP contribution is -2.30. The Bertz CT molecular complexity index is 728. The van der Waals surface area contributed by atoms with E-state index in [-0.39, 0.29) is 5.03 Å². The van der Waals surface area contributed by atoms with Crippen LogP contribution in [0.5, 0.6) is 0 Å². The normalized spacial score (nSPS) is 19.6. The van der Waals surface area contributed by atoms with Crippen LogP contribution in [0, 0.1) is 5.92 Å². The number of benzene rings is 1. The van der Waals surface area contributed by atoms with Gasteiger partial charge in [0.05, 0.1) is 6.20 Å². The SMILES string of the molecule is Cn1nccc1S(=O)(=O)N1CC[C@H](CSc2ccccc2)C1. The van der Waals surface area contributed by atoms with Crippen LogP contribution in [-0.2, 0) is 17.1 Å². The first kappa shape index (κ1) is 15.6. The van der Waals surface area contributed by atoms with E-state index in [4.69, 9.17) is 0 Å². The minimum Gasteiger partial charge on any atom is -0.256 e. The summed E-state index contributed by atoms with van der Waals surface area (Å²) in [4.78, 5) is 1.23. The van der Waals surface area contributed by atoms with Crippen molar-refractivity contribution in [2.24, 2.45) is 13.0 Å². The maximum Gasteiger partial charge on any atom is 0.260 e. The third-order valence-corrected chi connectivity index (χ3v) is 7.04. The van der Waals surface area contributed by atoms with Gasteiger partial charge in [0.1, 0.15) is 0 Å². The minimum absolute atomic E-state index is 0.267.